The minimum Gasteiger partial charge on any atom is -0.476 e. The van der Waals surface area contributed by atoms with Gasteiger partial charge in [0.15, 0.2) is 0 Å². The number of methoxy groups -OCH3 is 1. The molecule has 2 rings (SSSR count). The summed E-state index contributed by atoms with van der Waals surface area (Å²) in [5, 5.41) is 17.4. The van der Waals surface area contributed by atoms with Crippen LogP contribution in [0.4, 0.5) is 11.5 Å². The summed E-state index contributed by atoms with van der Waals surface area (Å²) >= 11 is 0. The topological polar surface area (TPSA) is 102 Å². The second kappa shape index (κ2) is 5.58. The van der Waals surface area contributed by atoms with Crippen LogP contribution in [-0.4, -0.2) is 41.1 Å². The van der Waals surface area contributed by atoms with E-state index in [0.29, 0.717) is 0 Å². The van der Waals surface area contributed by atoms with Crippen LogP contribution in [0.5, 0.6) is 5.88 Å². The van der Waals surface area contributed by atoms with E-state index < -0.39 is 4.92 Å². The minimum absolute atomic E-state index is 0.0218. The first-order chi connectivity index (χ1) is 8.72. The highest BCUT2D eigenvalue weighted by Crippen LogP contribution is 2.31. The maximum Gasteiger partial charge on any atom is 0.372 e. The fourth-order valence-electron chi connectivity index (χ4n) is 1.94. The Kier molecular flexibility index (Phi) is 3.88. The van der Waals surface area contributed by atoms with Crippen LogP contribution in [-0.2, 0) is 0 Å². The van der Waals surface area contributed by atoms with E-state index in [4.69, 9.17) is 4.74 Å². The van der Waals surface area contributed by atoms with Gasteiger partial charge in [-0.05, 0) is 25.9 Å². The molecule has 0 aromatic carbocycles. The summed E-state index contributed by atoms with van der Waals surface area (Å²) in [6.45, 7) is 1.79. The molecule has 1 aliphatic heterocycles. The predicted molar refractivity (Wildman–Crippen MR) is 64.8 cm³/mol. The summed E-state index contributed by atoms with van der Waals surface area (Å²) in [6.07, 6.45) is 3.07. The van der Waals surface area contributed by atoms with Crippen LogP contribution in [0.25, 0.3) is 0 Å². The second-order valence-corrected chi connectivity index (χ2v) is 4.01. The van der Waals surface area contributed by atoms with Crippen molar-refractivity contribution in [2.24, 2.45) is 0 Å². The quantitative estimate of drug-likeness (QED) is 0.597. The molecule has 8 nitrogen and oxygen atoms in total. The zero-order valence-corrected chi connectivity index (χ0v) is 10.0. The van der Waals surface area contributed by atoms with Crippen LogP contribution in [0.2, 0.25) is 0 Å². The Bertz CT molecular complexity index is 434. The van der Waals surface area contributed by atoms with Crippen molar-refractivity contribution in [3.8, 4) is 5.88 Å². The van der Waals surface area contributed by atoms with E-state index in [-0.39, 0.29) is 23.4 Å². The first-order valence-electron chi connectivity index (χ1n) is 5.73. The van der Waals surface area contributed by atoms with Gasteiger partial charge >= 0.3 is 5.69 Å². The summed E-state index contributed by atoms with van der Waals surface area (Å²) in [5.74, 6) is 0.199. The minimum atomic E-state index is -0.526. The Morgan fingerprint density at radius 3 is 2.83 bits per heavy atom. The second-order valence-electron chi connectivity index (χ2n) is 4.01. The van der Waals surface area contributed by atoms with Gasteiger partial charge in [-0.15, -0.1) is 0 Å². The van der Waals surface area contributed by atoms with E-state index in [1.54, 1.807) is 0 Å². The molecule has 2 heterocycles. The third kappa shape index (κ3) is 2.65. The number of hydrogen-bond donors (Lipinski definition) is 2. The largest absolute Gasteiger partial charge is 0.476 e. The lowest BCUT2D eigenvalue weighted by molar-refractivity contribution is -0.385. The monoisotopic (exact) mass is 253 g/mol. The molecule has 0 atom stereocenters. The first-order valence-corrected chi connectivity index (χ1v) is 5.73. The summed E-state index contributed by atoms with van der Waals surface area (Å²) in [6, 6.07) is 0.185. The van der Waals surface area contributed by atoms with E-state index in [2.05, 4.69) is 20.6 Å². The molecule has 0 bridgehead atoms. The van der Waals surface area contributed by atoms with Crippen molar-refractivity contribution in [3.63, 3.8) is 0 Å². The zero-order valence-electron chi connectivity index (χ0n) is 10.0. The van der Waals surface area contributed by atoms with Gasteiger partial charge in [-0.3, -0.25) is 10.1 Å². The van der Waals surface area contributed by atoms with Gasteiger partial charge in [-0.25, -0.2) is 4.98 Å². The molecule has 1 fully saturated rings. The summed E-state index contributed by atoms with van der Waals surface area (Å²) in [7, 11) is 1.35. The van der Waals surface area contributed by atoms with Crippen LogP contribution < -0.4 is 15.4 Å². The number of anilines is 1. The van der Waals surface area contributed by atoms with Crippen LogP contribution >= 0.6 is 0 Å². The summed E-state index contributed by atoms with van der Waals surface area (Å²) in [4.78, 5) is 18.2. The fraction of sp³-hybridized carbons (Fsp3) is 0.600. The molecule has 8 heteroatoms. The van der Waals surface area contributed by atoms with Gasteiger partial charge in [0.1, 0.15) is 6.33 Å². The summed E-state index contributed by atoms with van der Waals surface area (Å²) < 4.78 is 4.89. The highest BCUT2D eigenvalue weighted by molar-refractivity contribution is 5.61. The molecule has 0 radical (unpaired) electrons. The Morgan fingerprint density at radius 2 is 2.22 bits per heavy atom. The number of piperidine rings is 1. The van der Waals surface area contributed by atoms with Crippen molar-refractivity contribution in [1.29, 1.82) is 0 Å². The average Bonchev–Trinajstić information content (AvgIpc) is 2.39. The van der Waals surface area contributed by atoms with Crippen molar-refractivity contribution in [2.75, 3.05) is 25.5 Å². The number of aromatic nitrogens is 2. The van der Waals surface area contributed by atoms with Gasteiger partial charge in [0.05, 0.1) is 12.0 Å². The molecule has 98 valence electrons. The smallest absolute Gasteiger partial charge is 0.372 e. The van der Waals surface area contributed by atoms with Crippen molar-refractivity contribution >= 4 is 11.5 Å². The van der Waals surface area contributed by atoms with Crippen LogP contribution in [0.15, 0.2) is 6.33 Å². The fourth-order valence-corrected chi connectivity index (χ4v) is 1.94. The van der Waals surface area contributed by atoms with E-state index in [0.717, 1.165) is 25.9 Å². The number of ether oxygens (including phenoxy) is 1. The number of nitrogens with one attached hydrogen (secondary N) is 2. The molecule has 1 saturated heterocycles. The maximum absolute atomic E-state index is 11.0. The highest BCUT2D eigenvalue weighted by Gasteiger charge is 2.26. The molecule has 0 amide bonds. The zero-order chi connectivity index (χ0) is 13.0. The Labute approximate surface area is 104 Å². The Hall–Kier alpha value is -1.96. The van der Waals surface area contributed by atoms with Crippen LogP contribution in [0, 0.1) is 10.1 Å². The summed E-state index contributed by atoms with van der Waals surface area (Å²) in [5.41, 5.74) is -0.210. The average molecular weight is 253 g/mol. The number of hydrogen-bond acceptors (Lipinski definition) is 7. The molecule has 1 aromatic heterocycles. The standard InChI is InChI=1S/C10H15N5O3/c1-18-10-8(15(16)17)9(12-6-13-10)14-7-2-4-11-5-3-7/h6-7,11H,2-5H2,1H3,(H,12,13,14). The van der Waals surface area contributed by atoms with Gasteiger partial charge in [0.25, 0.3) is 5.88 Å². The van der Waals surface area contributed by atoms with Crippen molar-refractivity contribution in [2.45, 2.75) is 18.9 Å². The molecule has 0 aliphatic carbocycles. The first kappa shape index (κ1) is 12.5. The van der Waals surface area contributed by atoms with E-state index in [1.807, 2.05) is 0 Å². The third-order valence-corrected chi connectivity index (χ3v) is 2.84. The van der Waals surface area contributed by atoms with Gasteiger partial charge in [-0.1, -0.05) is 0 Å². The van der Waals surface area contributed by atoms with Crippen LogP contribution in [0.1, 0.15) is 12.8 Å². The predicted octanol–water partition coefficient (Wildman–Crippen LogP) is 0.557. The molecular weight excluding hydrogens is 238 g/mol. The lowest BCUT2D eigenvalue weighted by atomic mass is 10.1. The number of nitrogens with zero attached hydrogens (tertiary/aromatic N) is 3. The molecular formula is C10H15N5O3. The van der Waals surface area contributed by atoms with Gasteiger partial charge in [-0.2, -0.15) is 4.98 Å². The van der Waals surface area contributed by atoms with E-state index in [9.17, 15) is 10.1 Å². The third-order valence-electron chi connectivity index (χ3n) is 2.84. The Balaban J connectivity index is 2.23. The highest BCUT2D eigenvalue weighted by atomic mass is 16.6. The molecule has 18 heavy (non-hydrogen) atoms. The maximum atomic E-state index is 11.0. The normalized spacial score (nSPS) is 16.3. The Morgan fingerprint density at radius 1 is 1.50 bits per heavy atom. The number of nitro groups is 1. The SMILES string of the molecule is COc1ncnc(NC2CCNCC2)c1[N+](=O)[O-]. The van der Waals surface area contributed by atoms with E-state index in [1.165, 1.54) is 13.4 Å². The van der Waals surface area contributed by atoms with Gasteiger partial charge in [0, 0.05) is 6.04 Å². The lowest BCUT2D eigenvalue weighted by Crippen LogP contribution is -2.35. The van der Waals surface area contributed by atoms with Crippen molar-refractivity contribution < 1.29 is 9.66 Å². The molecule has 1 aromatic rings. The van der Waals surface area contributed by atoms with E-state index >= 15 is 0 Å². The lowest BCUT2D eigenvalue weighted by Gasteiger charge is -2.23. The van der Waals surface area contributed by atoms with Crippen molar-refractivity contribution in [1.82, 2.24) is 15.3 Å². The molecule has 0 spiro atoms. The van der Waals surface area contributed by atoms with Gasteiger partial charge in [0.2, 0.25) is 5.82 Å². The molecule has 1 aliphatic rings. The van der Waals surface area contributed by atoms with Gasteiger partial charge < -0.3 is 15.4 Å². The molecule has 2 N–H and O–H groups in total. The number of rotatable bonds is 4. The van der Waals surface area contributed by atoms with Crippen molar-refractivity contribution in [3.05, 3.63) is 16.4 Å². The van der Waals surface area contributed by atoms with Crippen LogP contribution in [0.3, 0.4) is 0 Å². The molecule has 0 saturated carbocycles. The molecule has 0 unspecified atom stereocenters.